The van der Waals surface area contributed by atoms with Gasteiger partial charge in [0.1, 0.15) is 11.5 Å². The largest absolute Gasteiger partial charge is 0.508 e. The minimum absolute atomic E-state index is 0.00117. The molecule has 1 atom stereocenters. The first kappa shape index (κ1) is 22.2. The Hall–Kier alpha value is -3.52. The van der Waals surface area contributed by atoms with Gasteiger partial charge in [-0.25, -0.2) is 9.59 Å². The van der Waals surface area contributed by atoms with E-state index in [4.69, 9.17) is 9.47 Å². The Kier molecular flexibility index (Phi) is 6.81. The van der Waals surface area contributed by atoms with Crippen molar-refractivity contribution < 1.29 is 29.3 Å². The molecule has 0 saturated carbocycles. The number of rotatable bonds is 6. The standard InChI is InChI=1S/C23H20BrNO6/c1-30-22(28)13-9-14(23(29)31-2)11-16(10-13)25-21(17-5-3-4-6-19(17)26)18-12-15(24)7-8-20(18)27/h3-12,21,25-27H,1-2H3. The molecule has 160 valence electrons. The molecular formula is C23H20BrNO6. The SMILES string of the molecule is COC(=O)c1cc(NC(c2ccccc2O)c2cc(Br)ccc2O)cc(C(=O)OC)c1. The highest BCUT2D eigenvalue weighted by atomic mass is 79.9. The minimum Gasteiger partial charge on any atom is -0.508 e. The zero-order valence-corrected chi connectivity index (χ0v) is 18.3. The lowest BCUT2D eigenvalue weighted by Gasteiger charge is -2.23. The van der Waals surface area contributed by atoms with Crippen LogP contribution >= 0.6 is 15.9 Å². The van der Waals surface area contributed by atoms with Crippen LogP contribution in [-0.2, 0) is 9.47 Å². The number of carbonyl (C=O) groups is 2. The van der Waals surface area contributed by atoms with Crippen LogP contribution in [0.3, 0.4) is 0 Å². The van der Waals surface area contributed by atoms with E-state index in [0.717, 1.165) is 4.47 Å². The fourth-order valence-electron chi connectivity index (χ4n) is 3.16. The van der Waals surface area contributed by atoms with Gasteiger partial charge in [-0.1, -0.05) is 34.1 Å². The zero-order chi connectivity index (χ0) is 22.5. The maximum atomic E-state index is 12.1. The van der Waals surface area contributed by atoms with Crippen LogP contribution in [0, 0.1) is 0 Å². The number of benzene rings is 3. The summed E-state index contributed by atoms with van der Waals surface area (Å²) in [5.41, 5.74) is 1.62. The molecule has 3 aromatic carbocycles. The molecule has 0 aromatic heterocycles. The molecule has 3 N–H and O–H groups in total. The predicted molar refractivity (Wildman–Crippen MR) is 119 cm³/mol. The highest BCUT2D eigenvalue weighted by Crippen LogP contribution is 2.38. The number of hydrogen-bond acceptors (Lipinski definition) is 7. The average molecular weight is 486 g/mol. The minimum atomic E-state index is -0.711. The second kappa shape index (κ2) is 9.53. The summed E-state index contributed by atoms with van der Waals surface area (Å²) >= 11 is 3.40. The molecule has 0 fully saturated rings. The average Bonchev–Trinajstić information content (AvgIpc) is 2.78. The van der Waals surface area contributed by atoms with E-state index in [0.29, 0.717) is 16.8 Å². The van der Waals surface area contributed by atoms with E-state index in [1.807, 2.05) is 0 Å². The molecular weight excluding hydrogens is 466 g/mol. The molecule has 0 aliphatic rings. The number of nitrogens with one attached hydrogen (secondary N) is 1. The third-order valence-corrected chi connectivity index (χ3v) is 5.13. The van der Waals surface area contributed by atoms with Gasteiger partial charge in [0.25, 0.3) is 0 Å². The third-order valence-electron chi connectivity index (χ3n) is 4.63. The van der Waals surface area contributed by atoms with E-state index < -0.39 is 18.0 Å². The summed E-state index contributed by atoms with van der Waals surface area (Å²) in [6, 6.07) is 15.3. The Bertz CT molecular complexity index is 1100. The number of phenols is 2. The summed E-state index contributed by atoms with van der Waals surface area (Å²) < 4.78 is 10.3. The third kappa shape index (κ3) is 4.97. The van der Waals surface area contributed by atoms with Crippen LogP contribution in [0.1, 0.15) is 37.9 Å². The van der Waals surface area contributed by atoms with Crippen molar-refractivity contribution in [3.05, 3.63) is 87.4 Å². The Morgan fingerprint density at radius 1 is 0.839 bits per heavy atom. The molecule has 7 nitrogen and oxygen atoms in total. The van der Waals surface area contributed by atoms with Crippen LogP contribution in [0.15, 0.2) is 65.1 Å². The van der Waals surface area contributed by atoms with Gasteiger partial charge in [0.2, 0.25) is 0 Å². The van der Waals surface area contributed by atoms with Crippen LogP contribution in [0.25, 0.3) is 0 Å². The molecule has 1 unspecified atom stereocenters. The first-order valence-corrected chi connectivity index (χ1v) is 9.98. The Morgan fingerprint density at radius 3 is 2.00 bits per heavy atom. The van der Waals surface area contributed by atoms with Crippen LogP contribution in [0.5, 0.6) is 11.5 Å². The number of phenolic OH excluding ortho intramolecular Hbond substituents is 2. The number of methoxy groups -OCH3 is 2. The van der Waals surface area contributed by atoms with Gasteiger partial charge in [-0.05, 0) is 42.5 Å². The highest BCUT2D eigenvalue weighted by Gasteiger charge is 2.22. The van der Waals surface area contributed by atoms with Crippen LogP contribution in [-0.4, -0.2) is 36.4 Å². The van der Waals surface area contributed by atoms with Gasteiger partial charge < -0.3 is 25.0 Å². The molecule has 31 heavy (non-hydrogen) atoms. The molecule has 3 aromatic rings. The van der Waals surface area contributed by atoms with Gasteiger partial charge >= 0.3 is 11.9 Å². The van der Waals surface area contributed by atoms with Gasteiger partial charge in [0, 0.05) is 21.3 Å². The smallest absolute Gasteiger partial charge is 0.337 e. The zero-order valence-electron chi connectivity index (χ0n) is 16.8. The number of aromatic hydroxyl groups is 2. The van der Waals surface area contributed by atoms with Crippen LogP contribution < -0.4 is 5.32 Å². The second-order valence-corrected chi connectivity index (χ2v) is 7.54. The summed E-state index contributed by atoms with van der Waals surface area (Å²) in [7, 11) is 2.48. The number of esters is 2. The van der Waals surface area contributed by atoms with E-state index in [9.17, 15) is 19.8 Å². The van der Waals surface area contributed by atoms with Crippen molar-refractivity contribution in [2.75, 3.05) is 19.5 Å². The number of carbonyl (C=O) groups excluding carboxylic acids is 2. The topological polar surface area (TPSA) is 105 Å². The Labute approximate surface area is 187 Å². The van der Waals surface area contributed by atoms with Crippen molar-refractivity contribution in [3.63, 3.8) is 0 Å². The summed E-state index contributed by atoms with van der Waals surface area (Å²) in [6.45, 7) is 0. The van der Waals surface area contributed by atoms with E-state index in [1.165, 1.54) is 44.6 Å². The molecule has 0 heterocycles. The maximum absolute atomic E-state index is 12.1. The lowest BCUT2D eigenvalue weighted by Crippen LogP contribution is -2.15. The Morgan fingerprint density at radius 2 is 1.42 bits per heavy atom. The van der Waals surface area contributed by atoms with Gasteiger partial charge in [-0.3, -0.25) is 0 Å². The van der Waals surface area contributed by atoms with Crippen molar-refractivity contribution in [2.24, 2.45) is 0 Å². The van der Waals surface area contributed by atoms with Crippen LogP contribution in [0.2, 0.25) is 0 Å². The molecule has 0 aliphatic carbocycles. The summed E-state index contributed by atoms with van der Waals surface area (Å²) in [6.07, 6.45) is 0. The van der Waals surface area contributed by atoms with Gasteiger partial charge in [-0.15, -0.1) is 0 Å². The molecule has 0 radical (unpaired) electrons. The molecule has 0 spiro atoms. The van der Waals surface area contributed by atoms with Gasteiger partial charge in [0.15, 0.2) is 0 Å². The van der Waals surface area contributed by atoms with Crippen molar-refractivity contribution >= 4 is 33.6 Å². The monoisotopic (exact) mass is 485 g/mol. The molecule has 0 bridgehead atoms. The molecule has 8 heteroatoms. The lowest BCUT2D eigenvalue weighted by molar-refractivity contribution is 0.0599. The summed E-state index contributed by atoms with van der Waals surface area (Å²) in [5, 5.41) is 24.2. The highest BCUT2D eigenvalue weighted by molar-refractivity contribution is 9.10. The molecule has 0 saturated heterocycles. The van der Waals surface area contributed by atoms with Crippen molar-refractivity contribution in [3.8, 4) is 11.5 Å². The summed E-state index contributed by atoms with van der Waals surface area (Å²) in [5.74, 6) is -1.24. The van der Waals surface area contributed by atoms with Crippen LogP contribution in [0.4, 0.5) is 5.69 Å². The molecule has 3 rings (SSSR count). The normalized spacial score (nSPS) is 11.5. The first-order chi connectivity index (χ1) is 14.8. The number of anilines is 1. The predicted octanol–water partition coefficient (Wildman–Crippen LogP) is 4.64. The van der Waals surface area contributed by atoms with E-state index in [-0.39, 0.29) is 22.6 Å². The van der Waals surface area contributed by atoms with E-state index >= 15 is 0 Å². The summed E-state index contributed by atoms with van der Waals surface area (Å²) in [4.78, 5) is 24.2. The lowest BCUT2D eigenvalue weighted by atomic mass is 9.96. The van der Waals surface area contributed by atoms with Crippen molar-refractivity contribution in [1.29, 1.82) is 0 Å². The number of ether oxygens (including phenoxy) is 2. The van der Waals surface area contributed by atoms with E-state index in [2.05, 4.69) is 21.2 Å². The number of hydrogen-bond donors (Lipinski definition) is 3. The van der Waals surface area contributed by atoms with E-state index in [1.54, 1.807) is 30.3 Å². The molecule has 0 aliphatic heterocycles. The Balaban J connectivity index is 2.16. The van der Waals surface area contributed by atoms with Gasteiger partial charge in [-0.2, -0.15) is 0 Å². The quantitative estimate of drug-likeness (QED) is 0.436. The van der Waals surface area contributed by atoms with Gasteiger partial charge in [0.05, 0.1) is 31.4 Å². The second-order valence-electron chi connectivity index (χ2n) is 6.62. The molecule has 0 amide bonds. The number of halogens is 1. The fourth-order valence-corrected chi connectivity index (χ4v) is 3.54. The van der Waals surface area contributed by atoms with Crippen molar-refractivity contribution in [2.45, 2.75) is 6.04 Å². The number of para-hydroxylation sites is 1. The maximum Gasteiger partial charge on any atom is 0.337 e. The first-order valence-electron chi connectivity index (χ1n) is 9.18. The van der Waals surface area contributed by atoms with Crippen molar-refractivity contribution in [1.82, 2.24) is 0 Å². The fraction of sp³-hybridized carbons (Fsp3) is 0.130.